The van der Waals surface area contributed by atoms with Crippen LogP contribution in [0.2, 0.25) is 0 Å². The Balaban J connectivity index is 1.72. The van der Waals surface area contributed by atoms with E-state index in [2.05, 4.69) is 23.3 Å². The first-order valence-electron chi connectivity index (χ1n) is 8.96. The maximum Gasteiger partial charge on any atom is 0.708 e. The smallest absolute Gasteiger partial charge is 0.387 e. The first-order valence-corrected chi connectivity index (χ1v) is 13.0. The van der Waals surface area contributed by atoms with E-state index in [4.69, 9.17) is 25.1 Å². The molecular formula is C13H20N4O13P3+. The van der Waals surface area contributed by atoms with Crippen LogP contribution in [0.15, 0.2) is 18.6 Å². The highest BCUT2D eigenvalue weighted by molar-refractivity contribution is 7.64. The average molecular weight is 533 g/mol. The molecule has 0 radical (unpaired) electrons. The molecule has 1 fully saturated rings. The third-order valence-electron chi connectivity index (χ3n) is 4.78. The summed E-state index contributed by atoms with van der Waals surface area (Å²) >= 11 is 0. The summed E-state index contributed by atoms with van der Waals surface area (Å²) in [7, 11) is -14.3. The predicted molar refractivity (Wildman–Crippen MR) is 106 cm³/mol. The highest BCUT2D eigenvalue weighted by Gasteiger charge is 2.56. The number of phosphoric acid groups is 2. The Morgan fingerprint density at radius 2 is 2.03 bits per heavy atom. The predicted octanol–water partition coefficient (Wildman–Crippen LogP) is 0.810. The van der Waals surface area contributed by atoms with Crippen LogP contribution in [0.1, 0.15) is 19.6 Å². The summed E-state index contributed by atoms with van der Waals surface area (Å²) in [5.41, 5.74) is 4.26. The van der Waals surface area contributed by atoms with Crippen molar-refractivity contribution in [3.8, 4) is 0 Å². The van der Waals surface area contributed by atoms with E-state index in [9.17, 15) is 28.8 Å². The van der Waals surface area contributed by atoms with Crippen LogP contribution in [0.4, 0.5) is 5.82 Å². The molecular weight excluding hydrogens is 513 g/mol. The summed E-state index contributed by atoms with van der Waals surface area (Å²) in [4.78, 5) is 26.1. The Morgan fingerprint density at radius 3 is 2.67 bits per heavy atom. The molecule has 3 unspecified atom stereocenters. The molecule has 1 aliphatic rings. The molecule has 2 aromatic heterocycles. The summed E-state index contributed by atoms with van der Waals surface area (Å²) in [5.74, 6) is 0.182. The van der Waals surface area contributed by atoms with Crippen molar-refractivity contribution < 1.29 is 61.5 Å². The minimum Gasteiger partial charge on any atom is -0.387 e. The molecule has 3 heterocycles. The first-order chi connectivity index (χ1) is 15.3. The Kier molecular flexibility index (Phi) is 7.68. The second-order valence-electron chi connectivity index (χ2n) is 6.74. The van der Waals surface area contributed by atoms with Gasteiger partial charge >= 0.3 is 23.9 Å². The molecule has 2 aromatic rings. The van der Waals surface area contributed by atoms with Crippen molar-refractivity contribution in [3.05, 3.63) is 18.6 Å². The number of nitrogens with two attached hydrogens (primary N) is 1. The van der Waals surface area contributed by atoms with Gasteiger partial charge in [0.15, 0.2) is 6.23 Å². The molecule has 0 aliphatic carbocycles. The molecule has 184 valence electrons. The van der Waals surface area contributed by atoms with Gasteiger partial charge in [0.1, 0.15) is 42.2 Å². The zero-order valence-corrected chi connectivity index (χ0v) is 19.3. The van der Waals surface area contributed by atoms with Crippen molar-refractivity contribution in [3.63, 3.8) is 0 Å². The van der Waals surface area contributed by atoms with Gasteiger partial charge in [0.2, 0.25) is 0 Å². The van der Waals surface area contributed by atoms with E-state index in [0.29, 0.717) is 11.0 Å². The number of anilines is 1. The second kappa shape index (κ2) is 9.68. The first kappa shape index (κ1) is 26.2. The molecule has 7 atom stereocenters. The van der Waals surface area contributed by atoms with Crippen LogP contribution >= 0.6 is 23.9 Å². The monoisotopic (exact) mass is 533 g/mol. The Hall–Kier alpha value is -1.42. The molecule has 1 saturated heterocycles. The summed E-state index contributed by atoms with van der Waals surface area (Å²) in [6.07, 6.45) is -1.35. The summed E-state index contributed by atoms with van der Waals surface area (Å²) in [6, 6.07) is 1.58. The largest absolute Gasteiger partial charge is 0.708 e. The second-order valence-corrected chi connectivity index (χ2v) is 10.8. The van der Waals surface area contributed by atoms with Gasteiger partial charge < -0.3 is 30.1 Å². The van der Waals surface area contributed by atoms with E-state index >= 15 is 0 Å². The van der Waals surface area contributed by atoms with Crippen molar-refractivity contribution >= 4 is 40.8 Å². The van der Waals surface area contributed by atoms with Gasteiger partial charge in [0.05, 0.1) is 5.39 Å². The molecule has 0 amide bonds. The van der Waals surface area contributed by atoms with Gasteiger partial charge in [-0.2, -0.15) is 4.31 Å². The van der Waals surface area contributed by atoms with E-state index in [1.165, 1.54) is 17.1 Å². The van der Waals surface area contributed by atoms with Crippen LogP contribution in [-0.2, 0) is 36.3 Å². The number of hydrogen-bond donors (Lipinski definition) is 6. The number of rotatable bonds is 10. The molecule has 17 nitrogen and oxygen atoms in total. The number of nitrogen functional groups attached to an aromatic ring is 1. The number of aromatic nitrogens is 3. The Morgan fingerprint density at radius 1 is 1.33 bits per heavy atom. The zero-order valence-electron chi connectivity index (χ0n) is 16.6. The van der Waals surface area contributed by atoms with Crippen LogP contribution in [-0.4, -0.2) is 64.2 Å². The molecule has 33 heavy (non-hydrogen) atoms. The number of aliphatic hydroxyl groups is 2. The third kappa shape index (κ3) is 5.47. The number of aliphatic hydroxyl groups excluding tert-OH is 1. The molecule has 0 bridgehead atoms. The van der Waals surface area contributed by atoms with Gasteiger partial charge in [0, 0.05) is 10.8 Å². The standard InChI is InChI=1S/C13H19N4O13P3/c1-2-13(19)9(18)8(5-26-31(21)29-33(24,25)30-32(22,23)28-20)27-12(13)17-4-3-7-10(14)15-6-16-11(7)17/h3-4,6,8-9,12,18-19H,2,5H2,1H3,(H4-,14,15,16,20,22,23,24,25)/p+1/t8-,9-,12-,13-/m1/s1. The fourth-order valence-corrected chi connectivity index (χ4v) is 5.91. The van der Waals surface area contributed by atoms with Gasteiger partial charge in [-0.3, -0.25) is 4.89 Å². The molecule has 7 N–H and O–H groups in total. The van der Waals surface area contributed by atoms with Gasteiger partial charge in [-0.05, 0) is 16.8 Å². The molecule has 0 saturated carbocycles. The zero-order chi connectivity index (χ0) is 24.6. The van der Waals surface area contributed by atoms with E-state index in [1.54, 1.807) is 13.0 Å². The van der Waals surface area contributed by atoms with Crippen molar-refractivity contribution in [2.75, 3.05) is 12.3 Å². The maximum atomic E-state index is 11.8. The van der Waals surface area contributed by atoms with E-state index in [-0.39, 0.29) is 12.2 Å². The number of hydrogen-bond acceptors (Lipinski definition) is 14. The van der Waals surface area contributed by atoms with Crippen LogP contribution in [0.25, 0.3) is 11.0 Å². The lowest BCUT2D eigenvalue weighted by Gasteiger charge is -2.30. The highest BCUT2D eigenvalue weighted by Crippen LogP contribution is 2.63. The normalized spacial score (nSPS) is 29.6. The molecule has 0 spiro atoms. The van der Waals surface area contributed by atoms with E-state index < -0.39 is 54.5 Å². The number of fused-ring (bicyclic) bond motifs is 1. The van der Waals surface area contributed by atoms with Crippen molar-refractivity contribution in [1.29, 1.82) is 0 Å². The number of nitrogens with zero attached hydrogens (tertiary/aromatic N) is 3. The Bertz CT molecular complexity index is 1130. The quantitative estimate of drug-likeness (QED) is 0.140. The number of ether oxygens (including phenoxy) is 1. The summed E-state index contributed by atoms with van der Waals surface area (Å²) in [6.45, 7) is 0.871. The van der Waals surface area contributed by atoms with Crippen LogP contribution < -0.4 is 5.73 Å². The average Bonchev–Trinajstić information content (AvgIpc) is 3.26. The lowest BCUT2D eigenvalue weighted by atomic mass is 9.91. The summed E-state index contributed by atoms with van der Waals surface area (Å²) in [5, 5.41) is 30.3. The fraction of sp³-hybridized carbons (Fsp3) is 0.538. The van der Waals surface area contributed by atoms with Gasteiger partial charge in [0.25, 0.3) is 0 Å². The van der Waals surface area contributed by atoms with E-state index in [0.717, 1.165) is 0 Å². The fourth-order valence-electron chi connectivity index (χ4n) is 3.23. The molecule has 3 rings (SSSR count). The maximum absolute atomic E-state index is 11.8. The van der Waals surface area contributed by atoms with Crippen LogP contribution in [0, 0.1) is 0 Å². The SMILES string of the molecule is CC[C@@]1(O)[C@H](O)[C@@H](CO[P+](=O)OP(=O)(O)OP(=O)(O)OO)O[C@H]1n1ccc2c(N)ncnc21. The molecule has 1 aliphatic heterocycles. The topological polar surface area (TPSA) is 255 Å². The van der Waals surface area contributed by atoms with Crippen LogP contribution in [0.3, 0.4) is 0 Å². The van der Waals surface area contributed by atoms with E-state index in [1.807, 2.05) is 0 Å². The van der Waals surface area contributed by atoms with Gasteiger partial charge in [-0.1, -0.05) is 6.92 Å². The van der Waals surface area contributed by atoms with Crippen molar-refractivity contribution in [2.24, 2.45) is 0 Å². The molecule has 0 aromatic carbocycles. The van der Waals surface area contributed by atoms with Crippen molar-refractivity contribution in [2.45, 2.75) is 37.4 Å². The minimum atomic E-state index is -5.47. The van der Waals surface area contributed by atoms with Crippen molar-refractivity contribution in [1.82, 2.24) is 14.5 Å². The highest BCUT2D eigenvalue weighted by atomic mass is 31.3. The summed E-state index contributed by atoms with van der Waals surface area (Å²) < 4.78 is 56.8. The minimum absolute atomic E-state index is 0.00480. The lowest BCUT2D eigenvalue weighted by Crippen LogP contribution is -2.46. The lowest BCUT2D eigenvalue weighted by molar-refractivity contribution is -0.157. The Labute approximate surface area is 185 Å². The van der Waals surface area contributed by atoms with Gasteiger partial charge in [-0.25, -0.2) is 24.4 Å². The molecule has 20 heteroatoms. The third-order valence-corrected chi connectivity index (χ3v) is 8.35. The van der Waals surface area contributed by atoms with Crippen LogP contribution in [0.5, 0.6) is 0 Å². The van der Waals surface area contributed by atoms with Gasteiger partial charge in [-0.15, -0.1) is 9.20 Å².